The zero-order chi connectivity index (χ0) is 13.9. The average Bonchev–Trinajstić information content (AvgIpc) is 2.27. The molecule has 2 atom stereocenters. The van der Waals surface area contributed by atoms with Gasteiger partial charge in [0.15, 0.2) is 0 Å². The maximum atomic E-state index is 5.47. The van der Waals surface area contributed by atoms with Gasteiger partial charge < -0.3 is 4.74 Å². The highest BCUT2D eigenvalue weighted by Gasteiger charge is 2.21. The predicted octanol–water partition coefficient (Wildman–Crippen LogP) is 4.31. The zero-order valence-electron chi connectivity index (χ0n) is 12.2. The number of aromatic nitrogens is 1. The summed E-state index contributed by atoms with van der Waals surface area (Å²) in [4.78, 5) is 5.08. The van der Waals surface area contributed by atoms with E-state index in [4.69, 9.17) is 4.74 Å². The number of ether oxygens (including phenoxy) is 1. The van der Waals surface area contributed by atoms with Crippen LogP contribution in [-0.2, 0) is 6.42 Å². The Morgan fingerprint density at radius 2 is 1.89 bits per heavy atom. The lowest BCUT2D eigenvalue weighted by Gasteiger charge is -2.24. The number of aryl methyl sites for hydroxylation is 1. The van der Waals surface area contributed by atoms with Gasteiger partial charge in [-0.25, -0.2) is 0 Å². The molecule has 102 valence electrons. The number of alkyl halides is 1. The van der Waals surface area contributed by atoms with Crippen molar-refractivity contribution in [1.29, 1.82) is 0 Å². The first kappa shape index (κ1) is 15.5. The summed E-state index contributed by atoms with van der Waals surface area (Å²) in [7, 11) is 1.73. The number of methoxy groups -OCH3 is 1. The molecule has 1 rings (SSSR count). The number of hydrogen-bond donors (Lipinski definition) is 0. The van der Waals surface area contributed by atoms with Crippen molar-refractivity contribution < 1.29 is 4.74 Å². The van der Waals surface area contributed by atoms with Crippen molar-refractivity contribution in [2.75, 3.05) is 7.11 Å². The second-order valence-electron chi connectivity index (χ2n) is 5.34. The molecule has 1 aromatic heterocycles. The lowest BCUT2D eigenvalue weighted by molar-refractivity contribution is 0.375. The maximum absolute atomic E-state index is 5.47. The standard InChI is InChI=1S/C15H24BrNO/c1-9(2)13(12(5)16)7-14-11(4)15(18-6)10(3)8-17-14/h8-9,12-13H,7H2,1-6H3. The fraction of sp³-hybridized carbons (Fsp3) is 0.667. The van der Waals surface area contributed by atoms with E-state index in [9.17, 15) is 0 Å². The third kappa shape index (κ3) is 3.47. The topological polar surface area (TPSA) is 22.1 Å². The predicted molar refractivity (Wildman–Crippen MR) is 80.7 cm³/mol. The average molecular weight is 314 g/mol. The summed E-state index contributed by atoms with van der Waals surface area (Å²) in [5.41, 5.74) is 3.44. The van der Waals surface area contributed by atoms with Crippen LogP contribution in [0.1, 0.15) is 37.6 Å². The fourth-order valence-corrected chi connectivity index (χ4v) is 3.23. The van der Waals surface area contributed by atoms with Crippen molar-refractivity contribution in [3.8, 4) is 5.75 Å². The highest BCUT2D eigenvalue weighted by molar-refractivity contribution is 9.09. The molecule has 0 aliphatic carbocycles. The Bertz CT molecular complexity index is 394. The first-order valence-corrected chi connectivity index (χ1v) is 7.43. The molecular formula is C15H24BrNO. The molecule has 0 fully saturated rings. The molecule has 1 heterocycles. The van der Waals surface area contributed by atoms with Gasteiger partial charge in [-0.3, -0.25) is 4.98 Å². The monoisotopic (exact) mass is 313 g/mol. The van der Waals surface area contributed by atoms with Crippen LogP contribution in [-0.4, -0.2) is 16.9 Å². The van der Waals surface area contributed by atoms with Gasteiger partial charge in [-0.1, -0.05) is 36.7 Å². The van der Waals surface area contributed by atoms with Gasteiger partial charge in [-0.05, 0) is 32.1 Å². The fourth-order valence-electron chi connectivity index (χ4n) is 2.43. The van der Waals surface area contributed by atoms with Gasteiger partial charge >= 0.3 is 0 Å². The molecule has 18 heavy (non-hydrogen) atoms. The van der Waals surface area contributed by atoms with Gasteiger partial charge in [-0.15, -0.1) is 0 Å². The van der Waals surface area contributed by atoms with Crippen LogP contribution >= 0.6 is 15.9 Å². The number of halogens is 1. The third-order valence-electron chi connectivity index (χ3n) is 3.63. The van der Waals surface area contributed by atoms with E-state index in [0.717, 1.165) is 23.4 Å². The first-order chi connectivity index (χ1) is 8.38. The van der Waals surface area contributed by atoms with E-state index in [1.165, 1.54) is 5.56 Å². The molecule has 0 N–H and O–H groups in total. The molecule has 0 spiro atoms. The molecule has 0 aliphatic heterocycles. The summed E-state index contributed by atoms with van der Waals surface area (Å²) in [5.74, 6) is 2.20. The molecule has 1 aromatic rings. The van der Waals surface area contributed by atoms with Crippen LogP contribution in [0.15, 0.2) is 6.20 Å². The zero-order valence-corrected chi connectivity index (χ0v) is 13.8. The van der Waals surface area contributed by atoms with E-state index >= 15 is 0 Å². The summed E-state index contributed by atoms with van der Waals surface area (Å²) in [5, 5.41) is 0. The second-order valence-corrected chi connectivity index (χ2v) is 6.78. The summed E-state index contributed by atoms with van der Waals surface area (Å²) in [6, 6.07) is 0. The number of pyridine rings is 1. The summed E-state index contributed by atoms with van der Waals surface area (Å²) < 4.78 is 5.47. The molecule has 0 bridgehead atoms. The summed E-state index contributed by atoms with van der Waals surface area (Å²) in [6.07, 6.45) is 2.91. The van der Waals surface area contributed by atoms with E-state index in [0.29, 0.717) is 16.7 Å². The molecule has 0 amide bonds. The highest BCUT2D eigenvalue weighted by Crippen LogP contribution is 2.30. The Labute approximate surface area is 119 Å². The maximum Gasteiger partial charge on any atom is 0.128 e. The van der Waals surface area contributed by atoms with E-state index < -0.39 is 0 Å². The lowest BCUT2D eigenvalue weighted by atomic mass is 9.87. The van der Waals surface area contributed by atoms with E-state index in [-0.39, 0.29) is 0 Å². The van der Waals surface area contributed by atoms with Gasteiger partial charge in [0.25, 0.3) is 0 Å². The highest BCUT2D eigenvalue weighted by atomic mass is 79.9. The van der Waals surface area contributed by atoms with Gasteiger partial charge in [0.2, 0.25) is 0 Å². The minimum atomic E-state index is 0.492. The van der Waals surface area contributed by atoms with Gasteiger partial charge in [0.05, 0.1) is 7.11 Å². The van der Waals surface area contributed by atoms with Crippen LogP contribution in [0.4, 0.5) is 0 Å². The van der Waals surface area contributed by atoms with Gasteiger partial charge in [-0.2, -0.15) is 0 Å². The molecule has 0 aromatic carbocycles. The third-order valence-corrected chi connectivity index (χ3v) is 4.30. The second kappa shape index (κ2) is 6.55. The Balaban J connectivity index is 3.04. The molecule has 3 heteroatoms. The van der Waals surface area contributed by atoms with E-state index in [2.05, 4.69) is 48.6 Å². The minimum Gasteiger partial charge on any atom is -0.496 e. The molecule has 0 aliphatic rings. The van der Waals surface area contributed by atoms with Crippen molar-refractivity contribution in [1.82, 2.24) is 4.98 Å². The number of hydrogen-bond acceptors (Lipinski definition) is 2. The van der Waals surface area contributed by atoms with Crippen LogP contribution in [0.2, 0.25) is 0 Å². The van der Waals surface area contributed by atoms with Gasteiger partial charge in [0, 0.05) is 27.8 Å². The summed E-state index contributed by atoms with van der Waals surface area (Å²) >= 11 is 3.71. The smallest absolute Gasteiger partial charge is 0.128 e. The number of nitrogens with zero attached hydrogens (tertiary/aromatic N) is 1. The SMILES string of the molecule is COc1c(C)cnc(CC(C(C)C)C(C)Br)c1C. The molecule has 0 radical (unpaired) electrons. The molecule has 0 saturated carbocycles. The van der Waals surface area contributed by atoms with Crippen LogP contribution in [0.5, 0.6) is 5.75 Å². The first-order valence-electron chi connectivity index (χ1n) is 6.51. The summed E-state index contributed by atoms with van der Waals surface area (Å²) in [6.45, 7) is 10.9. The Morgan fingerprint density at radius 3 is 2.33 bits per heavy atom. The molecule has 0 saturated heterocycles. The van der Waals surface area contributed by atoms with Crippen molar-refractivity contribution in [3.63, 3.8) is 0 Å². The molecule has 2 nitrogen and oxygen atoms in total. The van der Waals surface area contributed by atoms with Crippen LogP contribution < -0.4 is 4.74 Å². The van der Waals surface area contributed by atoms with E-state index in [1.54, 1.807) is 7.11 Å². The van der Waals surface area contributed by atoms with Crippen molar-refractivity contribution >= 4 is 15.9 Å². The number of rotatable bonds is 5. The quantitative estimate of drug-likeness (QED) is 0.756. The van der Waals surface area contributed by atoms with Crippen molar-refractivity contribution in [2.45, 2.75) is 45.9 Å². The van der Waals surface area contributed by atoms with Crippen LogP contribution in [0.25, 0.3) is 0 Å². The van der Waals surface area contributed by atoms with Gasteiger partial charge in [0.1, 0.15) is 5.75 Å². The Kier molecular flexibility index (Phi) is 5.64. The van der Waals surface area contributed by atoms with E-state index in [1.807, 2.05) is 13.1 Å². The lowest BCUT2D eigenvalue weighted by Crippen LogP contribution is -2.21. The largest absolute Gasteiger partial charge is 0.496 e. The van der Waals surface area contributed by atoms with Crippen LogP contribution in [0, 0.1) is 25.7 Å². The molecular weight excluding hydrogens is 290 g/mol. The Hall–Kier alpha value is -0.570. The van der Waals surface area contributed by atoms with Crippen molar-refractivity contribution in [2.24, 2.45) is 11.8 Å². The minimum absolute atomic E-state index is 0.492. The van der Waals surface area contributed by atoms with Crippen molar-refractivity contribution in [3.05, 3.63) is 23.0 Å². The van der Waals surface area contributed by atoms with Crippen LogP contribution in [0.3, 0.4) is 0 Å². The molecule has 2 unspecified atom stereocenters. The Morgan fingerprint density at radius 1 is 1.28 bits per heavy atom. The normalized spacial score (nSPS) is 14.7.